The van der Waals surface area contributed by atoms with Crippen molar-refractivity contribution in [3.63, 3.8) is 0 Å². The number of hydrogen-bond donors (Lipinski definition) is 6. The van der Waals surface area contributed by atoms with E-state index in [0.717, 1.165) is 10.8 Å². The van der Waals surface area contributed by atoms with Gasteiger partial charge >= 0.3 is 0 Å². The summed E-state index contributed by atoms with van der Waals surface area (Å²) in [5.74, 6) is -1.47. The molecule has 2 saturated heterocycles. The van der Waals surface area contributed by atoms with Crippen LogP contribution in [0, 0.1) is 16.0 Å². The van der Waals surface area contributed by atoms with Crippen LogP contribution in [0.3, 0.4) is 0 Å². The van der Waals surface area contributed by atoms with E-state index in [2.05, 4.69) is 28.7 Å². The maximum atomic E-state index is 15.4. The average Bonchev–Trinajstić information content (AvgIpc) is 3.96. The lowest BCUT2D eigenvalue weighted by atomic mass is 9.82. The molecule has 65 heavy (non-hydrogen) atoms. The summed E-state index contributed by atoms with van der Waals surface area (Å²) in [4.78, 5) is 42.0. The molecule has 6 N–H and O–H groups in total. The summed E-state index contributed by atoms with van der Waals surface area (Å²) in [6.45, 7) is 6.62. The van der Waals surface area contributed by atoms with E-state index in [1.54, 1.807) is 47.0 Å². The third-order valence-corrected chi connectivity index (χ3v) is 17.7. The molecule has 1 aromatic heterocycles. The van der Waals surface area contributed by atoms with Crippen molar-refractivity contribution in [2.75, 3.05) is 23.9 Å². The quantitative estimate of drug-likeness (QED) is 0.0533. The van der Waals surface area contributed by atoms with E-state index in [1.807, 2.05) is 67.7 Å². The number of carbonyl (C=O) groups is 2. The van der Waals surface area contributed by atoms with Gasteiger partial charge in [0.25, 0.3) is 17.5 Å². The Morgan fingerprint density at radius 1 is 0.985 bits per heavy atom. The number of hydrogen-bond acceptors (Lipinski definition) is 14. The molecule has 5 aromatic rings. The highest BCUT2D eigenvalue weighted by Gasteiger charge is 2.66. The lowest BCUT2D eigenvalue weighted by molar-refractivity contribution is -0.385. The number of aliphatic hydroxyl groups excluding tert-OH is 5. The summed E-state index contributed by atoms with van der Waals surface area (Å²) in [6.07, 6.45) is -7.42. The van der Waals surface area contributed by atoms with Gasteiger partial charge in [-0.2, -0.15) is 0 Å². The molecular weight excluding hydrogens is 857 g/mol. The van der Waals surface area contributed by atoms with Gasteiger partial charge in [0, 0.05) is 42.0 Å². The number of nitro benzene ring substituents is 1. The molecular formula is C46H52N6O12Si. The number of amides is 2. The van der Waals surface area contributed by atoms with Crippen LogP contribution in [-0.2, 0) is 37.8 Å². The first kappa shape index (κ1) is 45.7. The van der Waals surface area contributed by atoms with E-state index in [9.17, 15) is 40.4 Å². The highest BCUT2D eigenvalue weighted by atomic mass is 28.3. The van der Waals surface area contributed by atoms with Crippen molar-refractivity contribution >= 4 is 42.1 Å². The molecule has 1 spiro atoms. The van der Waals surface area contributed by atoms with Crippen LogP contribution in [0.15, 0.2) is 103 Å². The first-order chi connectivity index (χ1) is 31.1. The molecule has 0 saturated carbocycles. The van der Waals surface area contributed by atoms with E-state index in [-0.39, 0.29) is 36.0 Å². The smallest absolute Gasteiger partial charge is 0.269 e. The SMILES string of the molecule is COc1ccc([Si](C)(C)[C@H]2[C@H](CCn3cc(C(CO)c4ccccc4)nn3)O[C@@]3(C(=O)N(Cc4cccc(NC(=O)[C@H]5O[C@@H](O)[C@H](O)[C@@H](O)[C@@H]5O)c4)c4ccc([N+](=O)[O-])cc43)[C@@H]2C)cc1. The van der Waals surface area contributed by atoms with E-state index in [1.165, 1.54) is 12.1 Å². The Morgan fingerprint density at radius 3 is 2.42 bits per heavy atom. The zero-order valence-electron chi connectivity index (χ0n) is 36.2. The third kappa shape index (κ3) is 8.34. The predicted molar refractivity (Wildman–Crippen MR) is 238 cm³/mol. The largest absolute Gasteiger partial charge is 0.497 e. The summed E-state index contributed by atoms with van der Waals surface area (Å²) in [5, 5.41) is 75.6. The molecule has 342 valence electrons. The molecule has 18 nitrogen and oxygen atoms in total. The summed E-state index contributed by atoms with van der Waals surface area (Å²) in [6, 6.07) is 28.4. The number of methoxy groups -OCH3 is 1. The zero-order chi connectivity index (χ0) is 46.4. The Bertz CT molecular complexity index is 2550. The van der Waals surface area contributed by atoms with Gasteiger partial charge in [-0.25, -0.2) is 0 Å². The van der Waals surface area contributed by atoms with Crippen LogP contribution in [0.2, 0.25) is 18.6 Å². The molecule has 4 heterocycles. The summed E-state index contributed by atoms with van der Waals surface area (Å²) >= 11 is 0. The van der Waals surface area contributed by atoms with Gasteiger partial charge in [0.1, 0.15) is 24.1 Å². The van der Waals surface area contributed by atoms with Gasteiger partial charge in [0.2, 0.25) is 0 Å². The lowest BCUT2D eigenvalue weighted by Gasteiger charge is -2.37. The second kappa shape index (κ2) is 18.2. The molecule has 2 amide bonds. The predicted octanol–water partition coefficient (Wildman–Crippen LogP) is 2.91. The van der Waals surface area contributed by atoms with E-state index in [0.29, 0.717) is 41.2 Å². The number of rotatable bonds is 14. The fraction of sp³-hybridized carbons (Fsp3) is 0.391. The van der Waals surface area contributed by atoms with Gasteiger partial charge in [0.05, 0.1) is 56.7 Å². The van der Waals surface area contributed by atoms with Gasteiger partial charge < -0.3 is 50.0 Å². The van der Waals surface area contributed by atoms with Crippen molar-refractivity contribution in [2.45, 2.75) is 93.4 Å². The Balaban J connectivity index is 1.13. The van der Waals surface area contributed by atoms with Gasteiger partial charge in [-0.05, 0) is 53.4 Å². The molecule has 3 aliphatic heterocycles. The zero-order valence-corrected chi connectivity index (χ0v) is 37.2. The number of fused-ring (bicyclic) bond motifs is 2. The second-order valence-electron chi connectivity index (χ2n) is 17.5. The van der Waals surface area contributed by atoms with Crippen molar-refractivity contribution in [1.29, 1.82) is 0 Å². The standard InChI is InChI=1S/C46H52N6O12Si/c1-26-42(65(3,4)32-16-14-31(62-2)15-17-32)37(19-20-50-24-35(48-49-50)33(25-53)28-10-6-5-7-11-28)64-46(26)34-22-30(52(60)61)13-18-36(34)51(45(46)59)23-27-9-8-12-29(21-27)47-43(57)41-39(55)38(54)40(56)44(58)63-41/h5-18,21-22,24,26,33,37-42,44,53-56,58H,19-20,23,25H2,1-4H3,(H,47,57)/t26-,33?,37+,38+,39+,40-,41+,42-,44-,46+/m1/s1. The Kier molecular flexibility index (Phi) is 12.8. The second-order valence-corrected chi connectivity index (χ2v) is 22.1. The van der Waals surface area contributed by atoms with Crippen LogP contribution in [-0.4, -0.2) is 116 Å². The monoisotopic (exact) mass is 908 g/mol. The molecule has 0 bridgehead atoms. The molecule has 3 aliphatic rings. The highest BCUT2D eigenvalue weighted by Crippen LogP contribution is 2.60. The van der Waals surface area contributed by atoms with E-state index >= 15 is 4.79 Å². The number of aromatic nitrogens is 3. The minimum atomic E-state index is -2.62. The number of anilines is 2. The Hall–Kier alpha value is -5.90. The fourth-order valence-corrected chi connectivity index (χ4v) is 14.0. The number of nitrogens with one attached hydrogen (secondary N) is 1. The first-order valence-corrected chi connectivity index (χ1v) is 24.4. The molecule has 8 rings (SSSR count). The van der Waals surface area contributed by atoms with Crippen molar-refractivity contribution in [1.82, 2.24) is 15.0 Å². The summed E-state index contributed by atoms with van der Waals surface area (Å²) < 4.78 is 19.5. The average molecular weight is 909 g/mol. The molecule has 1 unspecified atom stereocenters. The minimum Gasteiger partial charge on any atom is -0.497 e. The fourth-order valence-electron chi connectivity index (χ4n) is 9.96. The lowest BCUT2D eigenvalue weighted by Crippen LogP contribution is -2.60. The van der Waals surface area contributed by atoms with Crippen molar-refractivity contribution < 1.29 is 54.3 Å². The molecule has 0 aliphatic carbocycles. The maximum Gasteiger partial charge on any atom is 0.269 e. The highest BCUT2D eigenvalue weighted by molar-refractivity contribution is 6.91. The number of carbonyl (C=O) groups excluding carboxylic acids is 2. The van der Waals surface area contributed by atoms with Gasteiger partial charge in [-0.15, -0.1) is 5.10 Å². The minimum absolute atomic E-state index is 0.0266. The van der Waals surface area contributed by atoms with Crippen LogP contribution < -0.4 is 20.1 Å². The number of aliphatic hydroxyl groups is 5. The van der Waals surface area contributed by atoms with Crippen LogP contribution in [0.5, 0.6) is 5.75 Å². The molecule has 4 aromatic carbocycles. The third-order valence-electron chi connectivity index (χ3n) is 13.4. The maximum absolute atomic E-state index is 15.4. The van der Waals surface area contributed by atoms with Crippen LogP contribution >= 0.6 is 0 Å². The van der Waals surface area contributed by atoms with Gasteiger partial charge in [-0.1, -0.05) is 85.0 Å². The van der Waals surface area contributed by atoms with E-state index < -0.39 is 73.1 Å². The number of ether oxygens (including phenoxy) is 3. The summed E-state index contributed by atoms with van der Waals surface area (Å²) in [5.41, 5.74) is 1.06. The van der Waals surface area contributed by atoms with Crippen molar-refractivity contribution in [3.8, 4) is 5.75 Å². The van der Waals surface area contributed by atoms with Crippen LogP contribution in [0.25, 0.3) is 0 Å². The summed E-state index contributed by atoms with van der Waals surface area (Å²) in [7, 11) is -1.01. The number of non-ortho nitro benzene ring substituents is 1. The van der Waals surface area contributed by atoms with Crippen LogP contribution in [0.1, 0.15) is 41.6 Å². The van der Waals surface area contributed by atoms with Gasteiger partial charge in [-0.3, -0.25) is 24.4 Å². The van der Waals surface area contributed by atoms with Gasteiger partial charge in [0.15, 0.2) is 18.0 Å². The van der Waals surface area contributed by atoms with Crippen molar-refractivity contribution in [3.05, 3.63) is 136 Å². The topological polar surface area (TPSA) is 252 Å². The van der Waals surface area contributed by atoms with Crippen LogP contribution in [0.4, 0.5) is 17.1 Å². The molecule has 0 radical (unpaired) electrons. The number of benzene rings is 4. The first-order valence-electron chi connectivity index (χ1n) is 21.4. The molecule has 2 fully saturated rings. The number of nitrogens with zero attached hydrogens (tertiary/aromatic N) is 5. The normalized spacial score (nSPS) is 26.8. The van der Waals surface area contributed by atoms with E-state index in [4.69, 9.17) is 14.2 Å². The van der Waals surface area contributed by atoms with Crippen molar-refractivity contribution in [2.24, 2.45) is 5.92 Å². The number of nitro groups is 1. The number of aryl methyl sites for hydroxylation is 1. The molecule has 19 heteroatoms. The molecule has 10 atom stereocenters. The Morgan fingerprint density at radius 2 is 1.72 bits per heavy atom. The Labute approximate surface area is 375 Å².